The first kappa shape index (κ1) is 13.1. The Bertz CT molecular complexity index is 509. The summed E-state index contributed by atoms with van der Waals surface area (Å²) in [5.74, 6) is 1.54. The van der Waals surface area contributed by atoms with E-state index in [2.05, 4.69) is 13.8 Å². The molecule has 104 valence electrons. The molecule has 1 aromatic carbocycles. The quantitative estimate of drug-likeness (QED) is 0.926. The molecule has 19 heavy (non-hydrogen) atoms. The van der Waals surface area contributed by atoms with E-state index in [1.807, 2.05) is 6.07 Å². The first-order valence-electron chi connectivity index (χ1n) is 6.97. The van der Waals surface area contributed by atoms with Crippen molar-refractivity contribution in [2.75, 3.05) is 13.2 Å². The van der Waals surface area contributed by atoms with E-state index < -0.39 is 0 Å². The van der Waals surface area contributed by atoms with Crippen LogP contribution in [0.4, 0.5) is 0 Å². The second-order valence-electron chi connectivity index (χ2n) is 5.54. The number of rotatable bonds is 3. The van der Waals surface area contributed by atoms with Gasteiger partial charge in [0.05, 0.1) is 5.02 Å². The lowest BCUT2D eigenvalue weighted by atomic mass is 9.84. The second-order valence-corrected chi connectivity index (χ2v) is 5.95. The Morgan fingerprint density at radius 1 is 1.32 bits per heavy atom. The molecule has 0 amide bonds. The summed E-state index contributed by atoms with van der Waals surface area (Å²) >= 11 is 6.37. The molecule has 0 aromatic heterocycles. The van der Waals surface area contributed by atoms with Crippen molar-refractivity contribution in [1.82, 2.24) is 0 Å². The van der Waals surface area contributed by atoms with E-state index in [0.29, 0.717) is 24.0 Å². The first-order valence-corrected chi connectivity index (χ1v) is 7.35. The maximum atomic E-state index is 6.37. The fourth-order valence-corrected chi connectivity index (χ4v) is 3.37. The van der Waals surface area contributed by atoms with Crippen LogP contribution in [0.15, 0.2) is 6.07 Å². The third kappa shape index (κ3) is 1.91. The monoisotopic (exact) mass is 281 g/mol. The minimum Gasteiger partial charge on any atom is -0.486 e. The number of halogens is 1. The first-order chi connectivity index (χ1) is 9.10. The van der Waals surface area contributed by atoms with Crippen LogP contribution in [0.5, 0.6) is 11.5 Å². The number of fused-ring (bicyclic) bond motifs is 1. The van der Waals surface area contributed by atoms with Gasteiger partial charge in [-0.25, -0.2) is 0 Å². The highest BCUT2D eigenvalue weighted by Gasteiger charge is 2.49. The molecule has 3 nitrogen and oxygen atoms in total. The summed E-state index contributed by atoms with van der Waals surface area (Å²) in [6.07, 6.45) is 3.17. The number of ether oxygens (including phenoxy) is 2. The highest BCUT2D eigenvalue weighted by molar-refractivity contribution is 6.32. The minimum absolute atomic E-state index is 0.0881. The maximum Gasteiger partial charge on any atom is 0.180 e. The molecular weight excluding hydrogens is 262 g/mol. The van der Waals surface area contributed by atoms with Gasteiger partial charge in [0.1, 0.15) is 13.2 Å². The van der Waals surface area contributed by atoms with Crippen LogP contribution in [0.25, 0.3) is 0 Å². The van der Waals surface area contributed by atoms with Crippen molar-refractivity contribution in [3.63, 3.8) is 0 Å². The average molecular weight is 282 g/mol. The van der Waals surface area contributed by atoms with Crippen molar-refractivity contribution in [2.45, 2.75) is 44.6 Å². The van der Waals surface area contributed by atoms with Gasteiger partial charge in [0.25, 0.3) is 0 Å². The van der Waals surface area contributed by atoms with E-state index in [1.165, 1.54) is 11.1 Å². The van der Waals surface area contributed by atoms with E-state index >= 15 is 0 Å². The molecular formula is C15H20ClNO2. The smallest absolute Gasteiger partial charge is 0.180 e. The molecule has 0 spiro atoms. The van der Waals surface area contributed by atoms with Gasteiger partial charge < -0.3 is 15.2 Å². The summed E-state index contributed by atoms with van der Waals surface area (Å²) in [6.45, 7) is 5.37. The molecule has 0 bridgehead atoms. The van der Waals surface area contributed by atoms with Crippen molar-refractivity contribution in [1.29, 1.82) is 0 Å². The Hall–Kier alpha value is -0.930. The van der Waals surface area contributed by atoms with Gasteiger partial charge >= 0.3 is 0 Å². The predicted octanol–water partition coefficient (Wildman–Crippen LogP) is 3.05. The summed E-state index contributed by atoms with van der Waals surface area (Å²) in [7, 11) is 0. The zero-order valence-corrected chi connectivity index (χ0v) is 12.2. The Kier molecular flexibility index (Phi) is 3.14. The van der Waals surface area contributed by atoms with Gasteiger partial charge in [0, 0.05) is 17.0 Å². The van der Waals surface area contributed by atoms with Gasteiger partial charge in [-0.3, -0.25) is 0 Å². The van der Waals surface area contributed by atoms with Crippen molar-refractivity contribution in [3.05, 3.63) is 22.2 Å². The number of nitrogens with two attached hydrogens (primary N) is 1. The summed E-state index contributed by atoms with van der Waals surface area (Å²) in [5.41, 5.74) is 8.77. The molecule has 1 saturated carbocycles. The van der Waals surface area contributed by atoms with Gasteiger partial charge in [-0.2, -0.15) is 0 Å². The average Bonchev–Trinajstić information content (AvgIpc) is 3.20. The molecule has 1 heterocycles. The largest absolute Gasteiger partial charge is 0.486 e. The molecule has 3 rings (SSSR count). The maximum absolute atomic E-state index is 6.37. The van der Waals surface area contributed by atoms with Gasteiger partial charge in [0.2, 0.25) is 0 Å². The molecule has 4 heteroatoms. The molecule has 1 fully saturated rings. The fourth-order valence-electron chi connectivity index (χ4n) is 3.12. The van der Waals surface area contributed by atoms with Crippen molar-refractivity contribution in [2.24, 2.45) is 5.73 Å². The Labute approximate surface area is 119 Å². The van der Waals surface area contributed by atoms with Crippen LogP contribution in [-0.4, -0.2) is 19.3 Å². The lowest BCUT2D eigenvalue weighted by molar-refractivity contribution is 0.169. The predicted molar refractivity (Wildman–Crippen MR) is 76.4 cm³/mol. The van der Waals surface area contributed by atoms with Crippen LogP contribution in [0.1, 0.15) is 37.8 Å². The molecule has 2 aliphatic rings. The zero-order valence-electron chi connectivity index (χ0n) is 11.5. The van der Waals surface area contributed by atoms with Gasteiger partial charge in [0.15, 0.2) is 11.5 Å². The Morgan fingerprint density at radius 3 is 2.47 bits per heavy atom. The minimum atomic E-state index is 0.0881. The molecule has 1 aromatic rings. The third-order valence-electron chi connectivity index (χ3n) is 4.42. The van der Waals surface area contributed by atoms with Crippen LogP contribution in [0.2, 0.25) is 5.02 Å². The molecule has 1 aliphatic carbocycles. The van der Waals surface area contributed by atoms with Gasteiger partial charge in [-0.15, -0.1) is 0 Å². The third-order valence-corrected chi connectivity index (χ3v) is 4.70. The van der Waals surface area contributed by atoms with Gasteiger partial charge in [-0.1, -0.05) is 18.5 Å². The summed E-state index contributed by atoms with van der Waals surface area (Å²) in [6, 6.07) is 2.18. The molecule has 0 saturated heterocycles. The molecule has 2 N–H and O–H groups in total. The van der Waals surface area contributed by atoms with Crippen LogP contribution in [0.3, 0.4) is 0 Å². The Morgan fingerprint density at radius 2 is 1.95 bits per heavy atom. The van der Waals surface area contributed by atoms with E-state index in [0.717, 1.165) is 25.0 Å². The highest BCUT2D eigenvalue weighted by atomic mass is 35.5. The zero-order chi connectivity index (χ0) is 13.6. The number of hydrogen-bond acceptors (Lipinski definition) is 3. The standard InChI is InChI=1S/C15H20ClNO2/c1-3-10-11(15(4-5-15)9(2)17)8-12(16)14-13(10)18-6-7-19-14/h8-9H,3-7,17H2,1-2H3. The van der Waals surface area contributed by atoms with Crippen molar-refractivity contribution in [3.8, 4) is 11.5 Å². The Balaban J connectivity index is 2.18. The number of benzene rings is 1. The van der Waals surface area contributed by atoms with Crippen LogP contribution in [0, 0.1) is 0 Å². The van der Waals surface area contributed by atoms with E-state index in [-0.39, 0.29) is 11.5 Å². The normalized spacial score (nSPS) is 21.1. The van der Waals surface area contributed by atoms with Crippen LogP contribution in [-0.2, 0) is 11.8 Å². The lowest BCUT2D eigenvalue weighted by Gasteiger charge is -2.28. The number of hydrogen-bond donors (Lipinski definition) is 1. The van der Waals surface area contributed by atoms with Crippen molar-refractivity contribution >= 4 is 11.6 Å². The second kappa shape index (κ2) is 4.57. The fraction of sp³-hybridized carbons (Fsp3) is 0.600. The lowest BCUT2D eigenvalue weighted by Crippen LogP contribution is -2.33. The highest BCUT2D eigenvalue weighted by Crippen LogP contribution is 2.55. The van der Waals surface area contributed by atoms with E-state index in [9.17, 15) is 0 Å². The van der Waals surface area contributed by atoms with Crippen LogP contribution >= 0.6 is 11.6 Å². The molecule has 1 atom stereocenters. The summed E-state index contributed by atoms with van der Waals surface area (Å²) in [4.78, 5) is 0. The van der Waals surface area contributed by atoms with Gasteiger partial charge in [-0.05, 0) is 37.8 Å². The topological polar surface area (TPSA) is 44.5 Å². The summed E-state index contributed by atoms with van der Waals surface area (Å²) < 4.78 is 11.5. The van der Waals surface area contributed by atoms with Crippen molar-refractivity contribution < 1.29 is 9.47 Å². The summed E-state index contributed by atoms with van der Waals surface area (Å²) in [5, 5.41) is 0.647. The van der Waals surface area contributed by atoms with E-state index in [4.69, 9.17) is 26.8 Å². The SMILES string of the molecule is CCc1c(C2(C(C)N)CC2)cc(Cl)c2c1OCCO2. The van der Waals surface area contributed by atoms with E-state index in [1.54, 1.807) is 0 Å². The molecule has 0 radical (unpaired) electrons. The molecule has 1 unspecified atom stereocenters. The van der Waals surface area contributed by atoms with Crippen LogP contribution < -0.4 is 15.2 Å². The molecule has 1 aliphatic heterocycles.